The Kier molecular flexibility index (Phi) is 3.99. The van der Waals surface area contributed by atoms with Crippen molar-refractivity contribution in [3.8, 4) is 5.69 Å². The molecular formula is C19H20Cl2N4O. The summed E-state index contributed by atoms with van der Waals surface area (Å²) in [7, 11) is 0. The fourth-order valence-electron chi connectivity index (χ4n) is 4.63. The van der Waals surface area contributed by atoms with Gasteiger partial charge in [-0.2, -0.15) is 5.10 Å². The normalized spacial score (nSPS) is 24.2. The third-order valence-electron chi connectivity index (χ3n) is 5.95. The summed E-state index contributed by atoms with van der Waals surface area (Å²) in [6, 6.07) is 5.40. The number of rotatable bonds is 2. The van der Waals surface area contributed by atoms with E-state index in [0.29, 0.717) is 27.6 Å². The minimum Gasteiger partial charge on any atom is -0.337 e. The molecule has 26 heavy (non-hydrogen) atoms. The van der Waals surface area contributed by atoms with Gasteiger partial charge in [-0.1, -0.05) is 23.2 Å². The third-order valence-corrected chi connectivity index (χ3v) is 6.49. The number of hydrogen-bond acceptors (Lipinski definition) is 3. The monoisotopic (exact) mass is 390 g/mol. The number of carbonyl (C=O) groups is 1. The Morgan fingerprint density at radius 2 is 1.92 bits per heavy atom. The Morgan fingerprint density at radius 3 is 2.65 bits per heavy atom. The van der Waals surface area contributed by atoms with Crippen molar-refractivity contribution in [2.24, 2.45) is 11.8 Å². The van der Waals surface area contributed by atoms with Gasteiger partial charge in [0.2, 0.25) is 0 Å². The standard InChI is InChI=1S/C19H20Cl2N4O/c20-13-4-5-17(15(21)6-13)25-16-3-1-2-14(16)18(23-25)19(26)24-9-11-7-22-8-12(11)10-24/h4-6,11-12,22H,1-3,7-10H2/t11-,12+. The maximum absolute atomic E-state index is 13.2. The lowest BCUT2D eigenvalue weighted by Crippen LogP contribution is -2.32. The van der Waals surface area contributed by atoms with Crippen LogP contribution in [-0.4, -0.2) is 46.8 Å². The third kappa shape index (κ3) is 2.56. The van der Waals surface area contributed by atoms with Crippen molar-refractivity contribution < 1.29 is 4.79 Å². The smallest absolute Gasteiger partial charge is 0.274 e. The highest BCUT2D eigenvalue weighted by Crippen LogP contribution is 2.33. The van der Waals surface area contributed by atoms with Crippen molar-refractivity contribution in [2.45, 2.75) is 19.3 Å². The number of nitrogens with zero attached hydrogens (tertiary/aromatic N) is 3. The summed E-state index contributed by atoms with van der Waals surface area (Å²) in [6.07, 6.45) is 2.88. The second-order valence-electron chi connectivity index (χ2n) is 7.52. The van der Waals surface area contributed by atoms with Crippen LogP contribution in [0.4, 0.5) is 0 Å². The van der Waals surface area contributed by atoms with Gasteiger partial charge in [-0.05, 0) is 49.3 Å². The lowest BCUT2D eigenvalue weighted by Gasteiger charge is -2.16. The molecule has 2 aliphatic heterocycles. The average molecular weight is 391 g/mol. The van der Waals surface area contributed by atoms with Gasteiger partial charge in [-0.3, -0.25) is 4.79 Å². The molecule has 5 rings (SSSR count). The Labute approximate surface area is 162 Å². The van der Waals surface area contributed by atoms with Gasteiger partial charge in [0.05, 0.1) is 10.7 Å². The van der Waals surface area contributed by atoms with Gasteiger partial charge in [-0.25, -0.2) is 4.68 Å². The zero-order valence-electron chi connectivity index (χ0n) is 14.3. The molecule has 136 valence electrons. The number of fused-ring (bicyclic) bond motifs is 2. The quantitative estimate of drug-likeness (QED) is 0.857. The summed E-state index contributed by atoms with van der Waals surface area (Å²) in [5.41, 5.74) is 3.60. The first-order valence-electron chi connectivity index (χ1n) is 9.18. The van der Waals surface area contributed by atoms with E-state index >= 15 is 0 Å². The number of benzene rings is 1. The van der Waals surface area contributed by atoms with Crippen LogP contribution in [0.25, 0.3) is 5.69 Å². The minimum atomic E-state index is 0.0707. The first-order chi connectivity index (χ1) is 12.6. The molecule has 1 aromatic carbocycles. The van der Waals surface area contributed by atoms with Crippen LogP contribution in [0.5, 0.6) is 0 Å². The summed E-state index contributed by atoms with van der Waals surface area (Å²) in [5, 5.41) is 9.28. The molecule has 0 spiro atoms. The number of amides is 1. The van der Waals surface area contributed by atoms with Crippen LogP contribution in [0, 0.1) is 11.8 Å². The summed E-state index contributed by atoms with van der Waals surface area (Å²) in [5.74, 6) is 1.24. The highest BCUT2D eigenvalue weighted by molar-refractivity contribution is 6.35. The lowest BCUT2D eigenvalue weighted by atomic mass is 10.0. The molecule has 1 amide bonds. The topological polar surface area (TPSA) is 50.2 Å². The van der Waals surface area contributed by atoms with Gasteiger partial charge in [0.25, 0.3) is 5.91 Å². The molecule has 0 saturated carbocycles. The van der Waals surface area contributed by atoms with Crippen LogP contribution < -0.4 is 5.32 Å². The van der Waals surface area contributed by atoms with Crippen LogP contribution >= 0.6 is 23.2 Å². The number of hydrogen-bond donors (Lipinski definition) is 1. The van der Waals surface area contributed by atoms with Crippen LogP contribution in [0.3, 0.4) is 0 Å². The van der Waals surface area contributed by atoms with E-state index in [0.717, 1.165) is 62.4 Å². The molecule has 3 aliphatic rings. The second-order valence-corrected chi connectivity index (χ2v) is 8.37. The summed E-state index contributed by atoms with van der Waals surface area (Å²) < 4.78 is 1.85. The highest BCUT2D eigenvalue weighted by Gasteiger charge is 2.40. The van der Waals surface area contributed by atoms with Crippen molar-refractivity contribution in [1.29, 1.82) is 0 Å². The Bertz CT molecular complexity index is 882. The van der Waals surface area contributed by atoms with Crippen molar-refractivity contribution >= 4 is 29.1 Å². The Balaban J connectivity index is 1.51. The fraction of sp³-hybridized carbons (Fsp3) is 0.474. The van der Waals surface area contributed by atoms with Crippen LogP contribution in [-0.2, 0) is 12.8 Å². The molecule has 0 radical (unpaired) electrons. The van der Waals surface area contributed by atoms with Gasteiger partial charge in [0.15, 0.2) is 5.69 Å². The molecule has 0 bridgehead atoms. The number of nitrogens with one attached hydrogen (secondary N) is 1. The van der Waals surface area contributed by atoms with Gasteiger partial charge in [0.1, 0.15) is 0 Å². The van der Waals surface area contributed by atoms with E-state index in [1.54, 1.807) is 6.07 Å². The predicted octanol–water partition coefficient (Wildman–Crippen LogP) is 2.96. The average Bonchev–Trinajstić information content (AvgIpc) is 3.35. The molecule has 1 aromatic heterocycles. The van der Waals surface area contributed by atoms with Gasteiger partial charge >= 0.3 is 0 Å². The number of halogens is 2. The first-order valence-corrected chi connectivity index (χ1v) is 9.93. The molecule has 0 unspecified atom stereocenters. The highest BCUT2D eigenvalue weighted by atomic mass is 35.5. The van der Waals surface area contributed by atoms with E-state index in [1.807, 2.05) is 21.7 Å². The van der Waals surface area contributed by atoms with Gasteiger partial charge in [0, 0.05) is 42.5 Å². The zero-order chi connectivity index (χ0) is 17.8. The minimum absolute atomic E-state index is 0.0707. The van der Waals surface area contributed by atoms with E-state index in [-0.39, 0.29) is 5.91 Å². The number of likely N-dealkylation sites (tertiary alicyclic amines) is 1. The second kappa shape index (κ2) is 6.25. The van der Waals surface area contributed by atoms with E-state index in [1.165, 1.54) is 0 Å². The van der Waals surface area contributed by atoms with Crippen LogP contribution in [0.1, 0.15) is 28.2 Å². The maximum atomic E-state index is 13.2. The van der Waals surface area contributed by atoms with Crippen molar-refractivity contribution in [3.63, 3.8) is 0 Å². The Hall–Kier alpha value is -1.56. The molecule has 1 N–H and O–H groups in total. The zero-order valence-corrected chi connectivity index (χ0v) is 15.9. The summed E-state index contributed by atoms with van der Waals surface area (Å²) in [4.78, 5) is 15.2. The first kappa shape index (κ1) is 16.6. The fourth-order valence-corrected chi connectivity index (χ4v) is 5.12. The van der Waals surface area contributed by atoms with E-state index < -0.39 is 0 Å². The van der Waals surface area contributed by atoms with Crippen molar-refractivity contribution in [3.05, 3.63) is 45.2 Å². The largest absolute Gasteiger partial charge is 0.337 e. The van der Waals surface area contributed by atoms with Crippen molar-refractivity contribution in [1.82, 2.24) is 20.0 Å². The van der Waals surface area contributed by atoms with Gasteiger partial charge < -0.3 is 10.2 Å². The summed E-state index contributed by atoms with van der Waals surface area (Å²) in [6.45, 7) is 3.70. The Morgan fingerprint density at radius 1 is 1.15 bits per heavy atom. The van der Waals surface area contributed by atoms with Crippen molar-refractivity contribution in [2.75, 3.05) is 26.2 Å². The SMILES string of the molecule is O=C(c1nn(-c2ccc(Cl)cc2Cl)c2c1CCC2)N1C[C@H]2CNC[C@H]2C1. The number of carbonyl (C=O) groups excluding carboxylic acids is 1. The molecule has 1 aliphatic carbocycles. The molecule has 2 aromatic rings. The summed E-state index contributed by atoms with van der Waals surface area (Å²) >= 11 is 12.4. The molecule has 2 fully saturated rings. The number of aromatic nitrogens is 2. The predicted molar refractivity (Wildman–Crippen MR) is 101 cm³/mol. The van der Waals surface area contributed by atoms with E-state index in [4.69, 9.17) is 28.3 Å². The van der Waals surface area contributed by atoms with Crippen LogP contribution in [0.15, 0.2) is 18.2 Å². The van der Waals surface area contributed by atoms with E-state index in [9.17, 15) is 4.79 Å². The molecule has 2 atom stereocenters. The maximum Gasteiger partial charge on any atom is 0.274 e. The molecular weight excluding hydrogens is 371 g/mol. The molecule has 7 heteroatoms. The van der Waals surface area contributed by atoms with Gasteiger partial charge in [-0.15, -0.1) is 0 Å². The molecule has 2 saturated heterocycles. The van der Waals surface area contributed by atoms with Crippen LogP contribution in [0.2, 0.25) is 10.0 Å². The van der Waals surface area contributed by atoms with E-state index in [2.05, 4.69) is 5.32 Å². The molecule has 5 nitrogen and oxygen atoms in total. The lowest BCUT2D eigenvalue weighted by molar-refractivity contribution is 0.0774. The molecule has 3 heterocycles.